The summed E-state index contributed by atoms with van der Waals surface area (Å²) in [5.74, 6) is 1.95. The zero-order chi connectivity index (χ0) is 43.3. The first-order valence-electron chi connectivity index (χ1n) is 22.9. The molecule has 0 radical (unpaired) electrons. The van der Waals surface area contributed by atoms with Crippen LogP contribution in [0.4, 0.5) is 0 Å². The third kappa shape index (κ3) is 7.12. The van der Waals surface area contributed by atoms with Gasteiger partial charge in [0.2, 0.25) is 0 Å². The van der Waals surface area contributed by atoms with Crippen molar-refractivity contribution in [3.05, 3.63) is 222 Å². The predicted molar refractivity (Wildman–Crippen MR) is 275 cm³/mol. The Hall–Kier alpha value is -7.82. The average molecular weight is 838 g/mol. The molecule has 8 aromatic carbocycles. The first-order valence-corrected chi connectivity index (χ1v) is 22.9. The van der Waals surface area contributed by atoms with Gasteiger partial charge in [0.15, 0.2) is 5.84 Å². The Morgan fingerprint density at radius 1 is 0.677 bits per heavy atom. The van der Waals surface area contributed by atoms with E-state index in [4.69, 9.17) is 14.4 Å². The molecule has 2 atom stereocenters. The van der Waals surface area contributed by atoms with Crippen LogP contribution in [0.15, 0.2) is 214 Å². The Kier molecular flexibility index (Phi) is 9.79. The van der Waals surface area contributed by atoms with Gasteiger partial charge in [-0.05, 0) is 135 Å². The second kappa shape index (κ2) is 16.4. The lowest BCUT2D eigenvalue weighted by Gasteiger charge is -2.25. The third-order valence-corrected chi connectivity index (χ3v) is 13.4. The van der Waals surface area contributed by atoms with E-state index in [0.717, 1.165) is 92.7 Å². The second-order valence-electron chi connectivity index (χ2n) is 17.5. The number of aryl methyl sites for hydroxylation is 1. The van der Waals surface area contributed by atoms with Crippen molar-refractivity contribution in [2.45, 2.75) is 38.8 Å². The van der Waals surface area contributed by atoms with Gasteiger partial charge in [-0.2, -0.15) is 0 Å². The van der Waals surface area contributed by atoms with E-state index >= 15 is 0 Å². The predicted octanol–water partition coefficient (Wildman–Crippen LogP) is 15.8. The first kappa shape index (κ1) is 38.8. The summed E-state index contributed by atoms with van der Waals surface area (Å²) in [5, 5.41) is 13.4. The number of nitrogens with one attached hydrogen (secondary N) is 1. The molecular weight excluding hydrogens is 791 g/mol. The summed E-state index contributed by atoms with van der Waals surface area (Å²) in [5.41, 5.74) is 12.0. The van der Waals surface area contributed by atoms with Gasteiger partial charge in [0.25, 0.3) is 0 Å². The molecule has 1 aliphatic heterocycles. The van der Waals surface area contributed by atoms with E-state index in [-0.39, 0.29) is 6.17 Å². The largest absolute Gasteiger partial charge is 0.455 e. The van der Waals surface area contributed by atoms with Crippen LogP contribution in [-0.2, 0) is 6.42 Å². The maximum Gasteiger partial charge on any atom is 0.159 e. The molecule has 12 rings (SSSR count). The van der Waals surface area contributed by atoms with Crippen LogP contribution < -0.4 is 5.32 Å². The minimum absolute atomic E-state index is 0.318. The number of benzene rings is 8. The quantitative estimate of drug-likeness (QED) is 0.122. The van der Waals surface area contributed by atoms with Gasteiger partial charge in [0, 0.05) is 27.5 Å². The van der Waals surface area contributed by atoms with Gasteiger partial charge in [-0.15, -0.1) is 0 Å². The lowest BCUT2D eigenvalue weighted by Crippen LogP contribution is -2.33. The highest BCUT2D eigenvalue weighted by molar-refractivity contribution is 6.24. The zero-order valence-electron chi connectivity index (χ0n) is 36.3. The fraction of sp³-hybridized carbons (Fsp3) is 0.115. The van der Waals surface area contributed by atoms with E-state index in [1.54, 1.807) is 0 Å². The molecule has 1 aromatic heterocycles. The van der Waals surface area contributed by atoms with Crippen LogP contribution in [0.1, 0.15) is 54.6 Å². The number of hydrogen-bond acceptors (Lipinski definition) is 4. The summed E-state index contributed by atoms with van der Waals surface area (Å²) in [6.45, 7) is 2.05. The number of furan rings is 1. The van der Waals surface area contributed by atoms with Crippen LogP contribution in [0, 0.1) is 5.92 Å². The molecule has 9 aromatic rings. The van der Waals surface area contributed by atoms with Crippen molar-refractivity contribution in [2.75, 3.05) is 0 Å². The van der Waals surface area contributed by atoms with Crippen molar-refractivity contribution in [2.24, 2.45) is 15.9 Å². The van der Waals surface area contributed by atoms with E-state index < -0.39 is 0 Å². The number of rotatable bonds is 8. The Morgan fingerprint density at radius 2 is 1.49 bits per heavy atom. The van der Waals surface area contributed by atoms with E-state index in [2.05, 4.69) is 206 Å². The third-order valence-electron chi connectivity index (χ3n) is 13.4. The maximum atomic E-state index is 7.04. The molecule has 0 spiro atoms. The van der Waals surface area contributed by atoms with Gasteiger partial charge >= 0.3 is 0 Å². The minimum Gasteiger partial charge on any atom is -0.455 e. The fourth-order valence-corrected chi connectivity index (χ4v) is 10.1. The van der Waals surface area contributed by atoms with Crippen LogP contribution in [0.5, 0.6) is 0 Å². The average Bonchev–Trinajstić information content (AvgIpc) is 3.76. The molecule has 1 N–H and O–H groups in total. The van der Waals surface area contributed by atoms with Crippen molar-refractivity contribution >= 4 is 72.0 Å². The SMILES string of the molecule is C/C=C\C=C/CC1C=CC(C2=NC(c3ccccc3)NC(c3cccc4oc5c(-c6ccc7c(ccc8ccccc87)c6)cc(-c6ccc7c8c(ccc7c6)C=CCC8)cc5c34)=N2)=CC1. The fourth-order valence-electron chi connectivity index (χ4n) is 10.1. The van der Waals surface area contributed by atoms with E-state index in [0.29, 0.717) is 5.92 Å². The van der Waals surface area contributed by atoms with Crippen LogP contribution in [-0.4, -0.2) is 11.7 Å². The van der Waals surface area contributed by atoms with E-state index in [1.165, 1.54) is 49.0 Å². The monoisotopic (exact) mass is 837 g/mol. The highest BCUT2D eigenvalue weighted by atomic mass is 16.3. The normalized spacial score (nSPS) is 17.3. The van der Waals surface area contributed by atoms with Crippen LogP contribution in [0.3, 0.4) is 0 Å². The summed E-state index contributed by atoms with van der Waals surface area (Å²) in [7, 11) is 0. The van der Waals surface area contributed by atoms with E-state index in [1.807, 2.05) is 6.92 Å². The molecule has 3 aliphatic rings. The van der Waals surface area contributed by atoms with Crippen molar-refractivity contribution < 1.29 is 4.42 Å². The molecule has 0 fully saturated rings. The molecule has 2 heterocycles. The molecule has 2 unspecified atom stereocenters. The molecule has 65 heavy (non-hydrogen) atoms. The minimum atomic E-state index is -0.318. The van der Waals surface area contributed by atoms with E-state index in [9.17, 15) is 0 Å². The molecule has 0 saturated heterocycles. The summed E-state index contributed by atoms with van der Waals surface area (Å²) < 4.78 is 7.04. The van der Waals surface area contributed by atoms with Gasteiger partial charge < -0.3 is 9.73 Å². The highest BCUT2D eigenvalue weighted by Crippen LogP contribution is 2.43. The van der Waals surface area contributed by atoms with Crippen LogP contribution >= 0.6 is 0 Å². The number of nitrogens with zero attached hydrogens (tertiary/aromatic N) is 2. The second-order valence-corrected chi connectivity index (χ2v) is 17.5. The Labute approximate surface area is 379 Å². The van der Waals surface area contributed by atoms with Gasteiger partial charge in [-0.25, -0.2) is 9.98 Å². The van der Waals surface area contributed by atoms with Gasteiger partial charge in [0.05, 0.1) is 0 Å². The highest BCUT2D eigenvalue weighted by Gasteiger charge is 2.26. The lowest BCUT2D eigenvalue weighted by molar-refractivity contribution is 0.662. The van der Waals surface area contributed by atoms with Crippen LogP contribution in [0.2, 0.25) is 0 Å². The Morgan fingerprint density at radius 3 is 2.40 bits per heavy atom. The van der Waals surface area contributed by atoms with Gasteiger partial charge in [-0.1, -0.05) is 170 Å². The molecule has 0 bridgehead atoms. The van der Waals surface area contributed by atoms with Gasteiger partial charge in [0.1, 0.15) is 23.2 Å². The van der Waals surface area contributed by atoms with Crippen molar-refractivity contribution in [1.29, 1.82) is 0 Å². The maximum absolute atomic E-state index is 7.04. The summed E-state index contributed by atoms with van der Waals surface area (Å²) in [6.07, 6.45) is 23.7. The van der Waals surface area contributed by atoms with Crippen molar-refractivity contribution in [3.8, 4) is 22.3 Å². The Balaban J connectivity index is 1.03. The molecule has 4 heteroatoms. The van der Waals surface area contributed by atoms with Crippen molar-refractivity contribution in [1.82, 2.24) is 5.32 Å². The zero-order valence-corrected chi connectivity index (χ0v) is 36.3. The topological polar surface area (TPSA) is 49.9 Å². The van der Waals surface area contributed by atoms with Crippen LogP contribution in [0.25, 0.3) is 82.6 Å². The molecular formula is C61H47N3O. The number of allylic oxidation sites excluding steroid dienone is 7. The number of fused-ring (bicyclic) bond motifs is 9. The van der Waals surface area contributed by atoms with Gasteiger partial charge in [-0.3, -0.25) is 0 Å². The standard InChI is InChI=1S/C61H47N3O/c1-2-3-4-6-14-39-23-25-43(26-24-39)60-62-59(42-17-7-5-8-18-42)63-61(64-60)53-21-13-22-56-57(53)55-38-48(44-31-33-51-45(35-44)29-27-40-15-9-11-19-49(40)51)37-54(58(55)65-56)47-32-34-52-46(36-47)30-28-41-16-10-12-20-50(41)52/h2-10,12-13,15-18,20-23,25-39,59H,11,14,19,24H2,1H3,(H,62,63,64)/b3-2-,6-4-. The molecule has 2 aliphatic carbocycles. The molecule has 0 saturated carbocycles. The lowest BCUT2D eigenvalue weighted by atomic mass is 9.89. The number of aliphatic imine (C=N–C) groups is 2. The molecule has 0 amide bonds. The summed E-state index contributed by atoms with van der Waals surface area (Å²) >= 11 is 0. The number of hydrogen-bond donors (Lipinski definition) is 1. The Bertz CT molecular complexity index is 3590. The van der Waals surface area contributed by atoms with Crippen molar-refractivity contribution in [3.63, 3.8) is 0 Å². The molecule has 312 valence electrons. The summed E-state index contributed by atoms with van der Waals surface area (Å²) in [6, 6.07) is 53.0. The smallest absolute Gasteiger partial charge is 0.159 e. The number of amidine groups is 2. The molecule has 4 nitrogen and oxygen atoms in total. The summed E-state index contributed by atoms with van der Waals surface area (Å²) in [4.78, 5) is 10.6. The first-order chi connectivity index (χ1) is 32.1.